The first-order chi connectivity index (χ1) is 7.65. The van der Waals surface area contributed by atoms with Crippen molar-refractivity contribution in [2.75, 3.05) is 6.61 Å². The quantitative estimate of drug-likeness (QED) is 0.825. The van der Waals surface area contributed by atoms with E-state index in [1.807, 2.05) is 0 Å². The zero-order valence-corrected chi connectivity index (χ0v) is 10.4. The summed E-state index contributed by atoms with van der Waals surface area (Å²) >= 11 is 0. The molecule has 0 aliphatic carbocycles. The van der Waals surface area contributed by atoms with Crippen molar-refractivity contribution in [3.8, 4) is 0 Å². The molecule has 1 heterocycles. The van der Waals surface area contributed by atoms with Gasteiger partial charge in [-0.05, 0) is 25.8 Å². The van der Waals surface area contributed by atoms with E-state index in [1.165, 1.54) is 5.56 Å². The Kier molecular flexibility index (Phi) is 3.31. The maximum atomic E-state index is 5.95. The highest BCUT2D eigenvalue weighted by Crippen LogP contribution is 2.27. The van der Waals surface area contributed by atoms with Gasteiger partial charge in [0.25, 0.3) is 0 Å². The van der Waals surface area contributed by atoms with Crippen molar-refractivity contribution in [2.24, 2.45) is 0 Å². The maximum absolute atomic E-state index is 5.95. The lowest BCUT2D eigenvalue weighted by Gasteiger charge is -2.43. The summed E-state index contributed by atoms with van der Waals surface area (Å²) in [7, 11) is 0. The van der Waals surface area contributed by atoms with Gasteiger partial charge in [-0.1, -0.05) is 37.3 Å². The number of benzene rings is 1. The molecule has 16 heavy (non-hydrogen) atoms. The lowest BCUT2D eigenvalue weighted by atomic mass is 9.89. The van der Waals surface area contributed by atoms with Crippen LogP contribution in [0.4, 0.5) is 0 Å². The lowest BCUT2D eigenvalue weighted by Crippen LogP contribution is -2.57. The number of rotatable bonds is 2. The van der Waals surface area contributed by atoms with Crippen molar-refractivity contribution < 1.29 is 4.74 Å². The van der Waals surface area contributed by atoms with Gasteiger partial charge >= 0.3 is 0 Å². The molecule has 88 valence electrons. The minimum atomic E-state index is -0.0493. The Labute approximate surface area is 98.0 Å². The Balaban J connectivity index is 2.16. The van der Waals surface area contributed by atoms with Gasteiger partial charge in [0.15, 0.2) is 0 Å². The van der Waals surface area contributed by atoms with E-state index in [2.05, 4.69) is 56.4 Å². The van der Waals surface area contributed by atoms with Crippen LogP contribution in [0.25, 0.3) is 0 Å². The fraction of sp³-hybridized carbons (Fsp3) is 0.571. The van der Waals surface area contributed by atoms with Gasteiger partial charge in [-0.15, -0.1) is 0 Å². The fourth-order valence-electron chi connectivity index (χ4n) is 2.50. The van der Waals surface area contributed by atoms with Crippen molar-refractivity contribution in [1.29, 1.82) is 0 Å². The molecule has 3 atom stereocenters. The van der Waals surface area contributed by atoms with Gasteiger partial charge in [-0.25, -0.2) is 0 Å². The van der Waals surface area contributed by atoms with Crippen molar-refractivity contribution in [2.45, 2.75) is 44.9 Å². The Bertz CT molecular complexity index is 338. The molecule has 1 fully saturated rings. The second-order valence-corrected chi connectivity index (χ2v) is 4.89. The summed E-state index contributed by atoms with van der Waals surface area (Å²) in [5.41, 5.74) is 1.25. The summed E-state index contributed by atoms with van der Waals surface area (Å²) in [6.45, 7) is 7.34. The second-order valence-electron chi connectivity index (χ2n) is 4.89. The predicted molar refractivity (Wildman–Crippen MR) is 66.4 cm³/mol. The zero-order valence-electron chi connectivity index (χ0n) is 10.4. The smallest absolute Gasteiger partial charge is 0.0724 e. The number of ether oxygens (including phenoxy) is 1. The largest absolute Gasteiger partial charge is 0.374 e. The lowest BCUT2D eigenvalue weighted by molar-refractivity contribution is -0.0564. The van der Waals surface area contributed by atoms with Crippen LogP contribution in [-0.2, 0) is 10.3 Å². The third-order valence-corrected chi connectivity index (χ3v) is 3.50. The van der Waals surface area contributed by atoms with E-state index in [4.69, 9.17) is 4.74 Å². The predicted octanol–water partition coefficient (Wildman–Crippen LogP) is 2.69. The van der Waals surface area contributed by atoms with E-state index in [1.54, 1.807) is 0 Å². The highest BCUT2D eigenvalue weighted by Gasteiger charge is 2.36. The summed E-state index contributed by atoms with van der Waals surface area (Å²) in [6.07, 6.45) is 1.41. The molecule has 0 saturated carbocycles. The van der Waals surface area contributed by atoms with E-state index < -0.39 is 0 Å². The van der Waals surface area contributed by atoms with Crippen LogP contribution >= 0.6 is 0 Å². The molecular weight excluding hydrogens is 198 g/mol. The SMILES string of the molecule is CCC1OCC(C)(c2ccccc2)NC1C. The van der Waals surface area contributed by atoms with Crippen LogP contribution in [0.15, 0.2) is 30.3 Å². The molecule has 2 nitrogen and oxygen atoms in total. The first kappa shape index (κ1) is 11.6. The van der Waals surface area contributed by atoms with Crippen LogP contribution in [0, 0.1) is 0 Å². The standard InChI is InChI=1S/C14H21NO/c1-4-13-11(2)15-14(3,10-16-13)12-8-6-5-7-9-12/h5-9,11,13,15H,4,10H2,1-3H3. The molecule has 3 unspecified atom stereocenters. The first-order valence-corrected chi connectivity index (χ1v) is 6.10. The molecular formula is C14H21NO. The van der Waals surface area contributed by atoms with E-state index >= 15 is 0 Å². The van der Waals surface area contributed by atoms with Crippen LogP contribution in [0.5, 0.6) is 0 Å². The van der Waals surface area contributed by atoms with Gasteiger partial charge in [-0.3, -0.25) is 0 Å². The normalized spacial score (nSPS) is 34.9. The van der Waals surface area contributed by atoms with E-state index in [9.17, 15) is 0 Å². The number of morpholine rings is 1. The molecule has 1 aromatic rings. The van der Waals surface area contributed by atoms with Gasteiger partial charge < -0.3 is 10.1 Å². The second kappa shape index (κ2) is 4.56. The molecule has 1 aromatic carbocycles. The molecule has 1 saturated heterocycles. The highest BCUT2D eigenvalue weighted by molar-refractivity contribution is 5.24. The first-order valence-electron chi connectivity index (χ1n) is 6.10. The third-order valence-electron chi connectivity index (χ3n) is 3.50. The summed E-state index contributed by atoms with van der Waals surface area (Å²) in [6, 6.07) is 10.9. The van der Waals surface area contributed by atoms with Crippen LogP contribution in [0.2, 0.25) is 0 Å². The summed E-state index contributed by atoms with van der Waals surface area (Å²) < 4.78 is 5.95. The van der Waals surface area contributed by atoms with E-state index in [-0.39, 0.29) is 5.54 Å². The fourth-order valence-corrected chi connectivity index (χ4v) is 2.50. The number of hydrogen-bond donors (Lipinski definition) is 1. The van der Waals surface area contributed by atoms with Gasteiger partial charge in [0, 0.05) is 6.04 Å². The van der Waals surface area contributed by atoms with E-state index in [0.717, 1.165) is 13.0 Å². The Hall–Kier alpha value is -0.860. The van der Waals surface area contributed by atoms with Crippen LogP contribution in [-0.4, -0.2) is 18.8 Å². The Morgan fingerprint density at radius 3 is 2.62 bits per heavy atom. The topological polar surface area (TPSA) is 21.3 Å². The van der Waals surface area contributed by atoms with Crippen molar-refractivity contribution >= 4 is 0 Å². The molecule has 1 N–H and O–H groups in total. The Morgan fingerprint density at radius 2 is 2.06 bits per heavy atom. The van der Waals surface area contributed by atoms with Crippen molar-refractivity contribution in [3.63, 3.8) is 0 Å². The van der Waals surface area contributed by atoms with Crippen LogP contribution < -0.4 is 5.32 Å². The summed E-state index contributed by atoms with van der Waals surface area (Å²) in [5.74, 6) is 0. The van der Waals surface area contributed by atoms with Gasteiger partial charge in [0.05, 0.1) is 18.2 Å². The third kappa shape index (κ3) is 2.13. The minimum absolute atomic E-state index is 0.0493. The van der Waals surface area contributed by atoms with Crippen LogP contribution in [0.3, 0.4) is 0 Å². The Morgan fingerprint density at radius 1 is 1.38 bits per heavy atom. The van der Waals surface area contributed by atoms with Crippen molar-refractivity contribution in [1.82, 2.24) is 5.32 Å². The molecule has 1 aliphatic heterocycles. The highest BCUT2D eigenvalue weighted by atomic mass is 16.5. The van der Waals surface area contributed by atoms with Gasteiger partial charge in [0.1, 0.15) is 0 Å². The summed E-state index contributed by atoms with van der Waals surface area (Å²) in [4.78, 5) is 0. The number of nitrogens with one attached hydrogen (secondary N) is 1. The maximum Gasteiger partial charge on any atom is 0.0724 e. The van der Waals surface area contributed by atoms with Crippen molar-refractivity contribution in [3.05, 3.63) is 35.9 Å². The molecule has 0 aromatic heterocycles. The van der Waals surface area contributed by atoms with Crippen LogP contribution in [0.1, 0.15) is 32.8 Å². The number of hydrogen-bond acceptors (Lipinski definition) is 2. The zero-order chi connectivity index (χ0) is 11.6. The molecule has 0 amide bonds. The van der Waals surface area contributed by atoms with Gasteiger partial charge in [0.2, 0.25) is 0 Å². The molecule has 2 heteroatoms. The molecule has 0 bridgehead atoms. The molecule has 2 rings (SSSR count). The average Bonchev–Trinajstić information content (AvgIpc) is 2.30. The van der Waals surface area contributed by atoms with Gasteiger partial charge in [-0.2, -0.15) is 0 Å². The minimum Gasteiger partial charge on any atom is -0.374 e. The van der Waals surface area contributed by atoms with E-state index in [0.29, 0.717) is 12.1 Å². The summed E-state index contributed by atoms with van der Waals surface area (Å²) in [5, 5.41) is 3.68. The molecule has 0 radical (unpaired) electrons. The molecule has 0 spiro atoms. The monoisotopic (exact) mass is 219 g/mol. The molecule has 1 aliphatic rings. The average molecular weight is 219 g/mol.